The van der Waals surface area contributed by atoms with Crippen LogP contribution in [0.4, 0.5) is 0 Å². The number of amides is 2. The normalized spacial score (nSPS) is 13.3. The van der Waals surface area contributed by atoms with Crippen molar-refractivity contribution in [2.24, 2.45) is 5.73 Å². The Hall–Kier alpha value is -2.25. The number of aliphatic hydroxyl groups excluding tert-OH is 1. The van der Waals surface area contributed by atoms with Gasteiger partial charge >= 0.3 is 5.97 Å². The summed E-state index contributed by atoms with van der Waals surface area (Å²) >= 11 is 0. The van der Waals surface area contributed by atoms with Gasteiger partial charge < -0.3 is 15.9 Å². The molecule has 1 rings (SSSR count). The lowest BCUT2D eigenvalue weighted by Gasteiger charge is -2.24. The molecule has 0 spiro atoms. The van der Waals surface area contributed by atoms with E-state index in [1.54, 1.807) is 30.3 Å². The molecule has 0 aliphatic carbocycles. The molecule has 2 atom stereocenters. The molecule has 1 aromatic carbocycles. The second-order valence-corrected chi connectivity index (χ2v) is 4.24. The fraction of sp³-hybridized carbons (Fsp3) is 0.308. The third-order valence-corrected chi connectivity index (χ3v) is 2.66. The predicted molar refractivity (Wildman–Crippen MR) is 69.3 cm³/mol. The molecule has 0 aliphatic heterocycles. The summed E-state index contributed by atoms with van der Waals surface area (Å²) in [4.78, 5) is 34.2. The van der Waals surface area contributed by atoms with Crippen molar-refractivity contribution in [1.82, 2.24) is 4.90 Å². The van der Waals surface area contributed by atoms with Crippen LogP contribution >= 0.6 is 0 Å². The van der Waals surface area contributed by atoms with Crippen LogP contribution in [0.5, 0.6) is 0 Å². The van der Waals surface area contributed by atoms with Crippen LogP contribution in [0, 0.1) is 0 Å². The summed E-state index contributed by atoms with van der Waals surface area (Å²) in [5, 5.41) is 18.1. The minimum absolute atomic E-state index is 0.135. The Morgan fingerprint density at radius 3 is 2.25 bits per heavy atom. The van der Waals surface area contributed by atoms with Gasteiger partial charge in [0, 0.05) is 6.92 Å². The van der Waals surface area contributed by atoms with Crippen LogP contribution in [0.1, 0.15) is 12.5 Å². The summed E-state index contributed by atoms with van der Waals surface area (Å²) < 4.78 is 0. The number of carboxylic acid groups (broad SMARTS) is 1. The molecule has 0 saturated heterocycles. The number of carbonyl (C=O) groups excluding carboxylic acids is 2. The van der Waals surface area contributed by atoms with Crippen molar-refractivity contribution in [2.75, 3.05) is 0 Å². The molecule has 7 heteroatoms. The number of benzene rings is 1. The summed E-state index contributed by atoms with van der Waals surface area (Å²) in [5.41, 5.74) is 6.44. The Morgan fingerprint density at radius 2 is 1.80 bits per heavy atom. The summed E-state index contributed by atoms with van der Waals surface area (Å²) in [6.07, 6.45) is -2.10. The van der Waals surface area contributed by atoms with Crippen LogP contribution in [-0.2, 0) is 20.8 Å². The summed E-state index contributed by atoms with van der Waals surface area (Å²) in [7, 11) is 0. The van der Waals surface area contributed by atoms with Gasteiger partial charge in [-0.15, -0.1) is 0 Å². The van der Waals surface area contributed by atoms with E-state index in [0.29, 0.717) is 0 Å². The fourth-order valence-electron chi connectivity index (χ4n) is 1.69. The van der Waals surface area contributed by atoms with Gasteiger partial charge in [-0.05, 0) is 12.0 Å². The Morgan fingerprint density at radius 1 is 1.25 bits per heavy atom. The van der Waals surface area contributed by atoms with E-state index in [4.69, 9.17) is 10.8 Å². The van der Waals surface area contributed by atoms with Gasteiger partial charge in [0.25, 0.3) is 0 Å². The minimum Gasteiger partial charge on any atom is -0.478 e. The number of imide groups is 1. The molecule has 20 heavy (non-hydrogen) atoms. The number of carboxylic acids is 1. The van der Waals surface area contributed by atoms with Gasteiger partial charge in [-0.3, -0.25) is 9.59 Å². The number of hydrogen-bond donors (Lipinski definition) is 3. The van der Waals surface area contributed by atoms with Crippen molar-refractivity contribution in [3.8, 4) is 0 Å². The smallest absolute Gasteiger partial charge is 0.354 e. The topological polar surface area (TPSA) is 121 Å². The van der Waals surface area contributed by atoms with E-state index in [0.717, 1.165) is 12.5 Å². The highest BCUT2D eigenvalue weighted by atomic mass is 16.4. The van der Waals surface area contributed by atoms with Crippen LogP contribution in [-0.4, -0.2) is 45.2 Å². The Labute approximate surface area is 115 Å². The van der Waals surface area contributed by atoms with E-state index in [-0.39, 0.29) is 11.3 Å². The van der Waals surface area contributed by atoms with Gasteiger partial charge in [-0.2, -0.15) is 0 Å². The highest BCUT2D eigenvalue weighted by molar-refractivity contribution is 6.00. The van der Waals surface area contributed by atoms with Crippen LogP contribution in [0.25, 0.3) is 0 Å². The zero-order valence-electron chi connectivity index (χ0n) is 10.9. The maximum atomic E-state index is 12.0. The highest BCUT2D eigenvalue weighted by Gasteiger charge is 2.33. The molecule has 0 aliphatic rings. The quantitative estimate of drug-likeness (QED) is 0.615. The maximum absolute atomic E-state index is 12.0. The largest absolute Gasteiger partial charge is 0.478 e. The first-order chi connectivity index (χ1) is 9.34. The molecule has 1 unspecified atom stereocenters. The van der Waals surface area contributed by atoms with Gasteiger partial charge in [0.2, 0.25) is 18.0 Å². The molecule has 0 saturated carbocycles. The second kappa shape index (κ2) is 6.78. The number of aliphatic carboxylic acids is 1. The third-order valence-electron chi connectivity index (χ3n) is 2.66. The monoisotopic (exact) mass is 280 g/mol. The first kappa shape index (κ1) is 15.8. The average Bonchev–Trinajstić information content (AvgIpc) is 2.39. The molecule has 2 amide bonds. The van der Waals surface area contributed by atoms with Crippen molar-refractivity contribution >= 4 is 17.8 Å². The molecule has 0 radical (unpaired) electrons. The number of rotatable bonds is 5. The number of nitrogens with zero attached hydrogens (tertiary/aromatic N) is 1. The molecular weight excluding hydrogens is 264 g/mol. The first-order valence-corrected chi connectivity index (χ1v) is 5.88. The average molecular weight is 280 g/mol. The molecule has 1 aromatic rings. The lowest BCUT2D eigenvalue weighted by molar-refractivity contribution is -0.171. The van der Waals surface area contributed by atoms with E-state index in [1.165, 1.54) is 0 Å². The van der Waals surface area contributed by atoms with E-state index in [2.05, 4.69) is 0 Å². The van der Waals surface area contributed by atoms with E-state index < -0.39 is 30.1 Å². The third kappa shape index (κ3) is 3.87. The van der Waals surface area contributed by atoms with Crippen LogP contribution in [0.3, 0.4) is 0 Å². The number of nitrogens with two attached hydrogens (primary N) is 1. The summed E-state index contributed by atoms with van der Waals surface area (Å²) in [5.74, 6) is -3.51. The number of aliphatic hydroxyl groups is 1. The van der Waals surface area contributed by atoms with Gasteiger partial charge in [0.15, 0.2) is 0 Å². The van der Waals surface area contributed by atoms with Gasteiger partial charge in [-0.25, -0.2) is 9.69 Å². The number of carbonyl (C=O) groups is 3. The molecule has 7 nitrogen and oxygen atoms in total. The number of hydrogen-bond acceptors (Lipinski definition) is 5. The van der Waals surface area contributed by atoms with Crippen molar-refractivity contribution in [3.63, 3.8) is 0 Å². The maximum Gasteiger partial charge on any atom is 0.354 e. The highest BCUT2D eigenvalue weighted by Crippen LogP contribution is 2.07. The SMILES string of the molecule is CC(=O)N(C(=O)[C@@H](N)Cc1ccccc1)C(O)C(=O)O. The molecule has 4 N–H and O–H groups in total. The zero-order valence-corrected chi connectivity index (χ0v) is 10.9. The molecular formula is C13H16N2O5. The van der Waals surface area contributed by atoms with Crippen molar-refractivity contribution in [3.05, 3.63) is 35.9 Å². The zero-order chi connectivity index (χ0) is 15.3. The minimum atomic E-state index is -2.23. The Bertz CT molecular complexity index is 503. The molecule has 0 fully saturated rings. The van der Waals surface area contributed by atoms with Crippen LogP contribution in [0.15, 0.2) is 30.3 Å². The van der Waals surface area contributed by atoms with Crippen LogP contribution < -0.4 is 5.73 Å². The second-order valence-electron chi connectivity index (χ2n) is 4.24. The van der Waals surface area contributed by atoms with Gasteiger partial charge in [0.05, 0.1) is 6.04 Å². The molecule has 108 valence electrons. The van der Waals surface area contributed by atoms with Crippen molar-refractivity contribution in [1.29, 1.82) is 0 Å². The molecule has 0 aromatic heterocycles. The van der Waals surface area contributed by atoms with Gasteiger partial charge in [-0.1, -0.05) is 30.3 Å². The molecule has 0 bridgehead atoms. The summed E-state index contributed by atoms with van der Waals surface area (Å²) in [6, 6.07) is 7.71. The standard InChI is InChI=1S/C13H16N2O5/c1-8(16)15(12(18)13(19)20)11(17)10(14)7-9-5-3-2-4-6-9/h2-6,10,12,18H,7,14H2,1H3,(H,19,20)/t10-,12?/m0/s1. The van der Waals surface area contributed by atoms with Crippen LogP contribution in [0.2, 0.25) is 0 Å². The van der Waals surface area contributed by atoms with Crippen molar-refractivity contribution < 1.29 is 24.6 Å². The molecule has 0 heterocycles. The Balaban J connectivity index is 2.84. The predicted octanol–water partition coefficient (Wildman–Crippen LogP) is -0.666. The van der Waals surface area contributed by atoms with E-state index in [1.807, 2.05) is 0 Å². The summed E-state index contributed by atoms with van der Waals surface area (Å²) in [6.45, 7) is 0.985. The van der Waals surface area contributed by atoms with E-state index >= 15 is 0 Å². The first-order valence-electron chi connectivity index (χ1n) is 5.88. The van der Waals surface area contributed by atoms with Crippen molar-refractivity contribution in [2.45, 2.75) is 25.6 Å². The van der Waals surface area contributed by atoms with E-state index in [9.17, 15) is 19.5 Å². The van der Waals surface area contributed by atoms with Gasteiger partial charge in [0.1, 0.15) is 0 Å². The fourth-order valence-corrected chi connectivity index (χ4v) is 1.69. The lowest BCUT2D eigenvalue weighted by Crippen LogP contribution is -2.54. The lowest BCUT2D eigenvalue weighted by atomic mass is 10.1. The Kier molecular flexibility index (Phi) is 5.36.